The van der Waals surface area contributed by atoms with E-state index in [0.29, 0.717) is 6.54 Å². The zero-order chi connectivity index (χ0) is 13.9. The van der Waals surface area contributed by atoms with Crippen LogP contribution < -0.4 is 10.6 Å². The molecule has 2 aromatic rings. The summed E-state index contributed by atoms with van der Waals surface area (Å²) in [4.78, 5) is 14.7. The van der Waals surface area contributed by atoms with Crippen LogP contribution in [0.3, 0.4) is 0 Å². The predicted molar refractivity (Wildman–Crippen MR) is 88.9 cm³/mol. The second-order valence-electron chi connectivity index (χ2n) is 5.14. The SMILES string of the molecule is Cc1ccc(CNC(=O)C2Cc3ccccc3CN2)s1.Cl. The van der Waals surface area contributed by atoms with Crippen LogP contribution in [0.5, 0.6) is 0 Å². The molecule has 2 N–H and O–H groups in total. The van der Waals surface area contributed by atoms with Crippen molar-refractivity contribution in [3.05, 3.63) is 57.3 Å². The van der Waals surface area contributed by atoms with Gasteiger partial charge in [-0.05, 0) is 36.6 Å². The summed E-state index contributed by atoms with van der Waals surface area (Å²) in [5.74, 6) is 0.0885. The van der Waals surface area contributed by atoms with Crippen molar-refractivity contribution in [2.45, 2.75) is 32.5 Å². The van der Waals surface area contributed by atoms with E-state index in [1.165, 1.54) is 20.9 Å². The Morgan fingerprint density at radius 2 is 2.05 bits per heavy atom. The summed E-state index contributed by atoms with van der Waals surface area (Å²) in [5, 5.41) is 6.33. The average molecular weight is 323 g/mol. The molecular weight excluding hydrogens is 304 g/mol. The summed E-state index contributed by atoms with van der Waals surface area (Å²) in [6.45, 7) is 3.47. The number of benzene rings is 1. The maximum atomic E-state index is 12.2. The Labute approximate surface area is 135 Å². The number of carbonyl (C=O) groups is 1. The fourth-order valence-electron chi connectivity index (χ4n) is 2.52. The van der Waals surface area contributed by atoms with Gasteiger partial charge in [0, 0.05) is 16.3 Å². The monoisotopic (exact) mass is 322 g/mol. The number of hydrogen-bond donors (Lipinski definition) is 2. The highest BCUT2D eigenvalue weighted by Gasteiger charge is 2.23. The second kappa shape index (κ2) is 7.07. The Kier molecular flexibility index (Phi) is 5.39. The molecule has 0 aliphatic carbocycles. The highest BCUT2D eigenvalue weighted by molar-refractivity contribution is 7.11. The Balaban J connectivity index is 0.00000161. The number of carbonyl (C=O) groups excluding carboxylic acids is 1. The van der Waals surface area contributed by atoms with E-state index < -0.39 is 0 Å². The van der Waals surface area contributed by atoms with Crippen LogP contribution >= 0.6 is 23.7 Å². The van der Waals surface area contributed by atoms with E-state index >= 15 is 0 Å². The van der Waals surface area contributed by atoms with Crippen molar-refractivity contribution in [3.63, 3.8) is 0 Å². The van der Waals surface area contributed by atoms with Crippen molar-refractivity contribution < 1.29 is 4.79 Å². The van der Waals surface area contributed by atoms with Gasteiger partial charge in [-0.2, -0.15) is 0 Å². The maximum absolute atomic E-state index is 12.2. The zero-order valence-corrected chi connectivity index (χ0v) is 13.5. The fourth-order valence-corrected chi connectivity index (χ4v) is 3.35. The van der Waals surface area contributed by atoms with Crippen molar-refractivity contribution in [2.75, 3.05) is 0 Å². The number of nitrogens with one attached hydrogen (secondary N) is 2. The van der Waals surface area contributed by atoms with Crippen LogP contribution in [0.4, 0.5) is 0 Å². The van der Waals surface area contributed by atoms with E-state index in [4.69, 9.17) is 0 Å². The molecule has 0 spiro atoms. The average Bonchev–Trinajstić information content (AvgIpc) is 2.90. The number of rotatable bonds is 3. The standard InChI is InChI=1S/C16H18N2OS.ClH/c1-11-6-7-14(20-11)10-18-16(19)15-8-12-4-2-3-5-13(12)9-17-15;/h2-7,15,17H,8-10H2,1H3,(H,18,19);1H. The molecule has 1 aliphatic rings. The number of thiophene rings is 1. The van der Waals surface area contributed by atoms with Crippen LogP contribution in [0.25, 0.3) is 0 Å². The van der Waals surface area contributed by atoms with Crippen LogP contribution in [0, 0.1) is 6.92 Å². The number of hydrogen-bond acceptors (Lipinski definition) is 3. The molecule has 21 heavy (non-hydrogen) atoms. The van der Waals surface area contributed by atoms with Crippen molar-refractivity contribution in [1.29, 1.82) is 0 Å². The minimum atomic E-state index is -0.119. The first-order valence-corrected chi connectivity index (χ1v) is 7.67. The quantitative estimate of drug-likeness (QED) is 0.912. The third-order valence-electron chi connectivity index (χ3n) is 3.63. The summed E-state index contributed by atoms with van der Waals surface area (Å²) < 4.78 is 0. The van der Waals surface area contributed by atoms with Gasteiger partial charge in [0.25, 0.3) is 0 Å². The molecule has 1 aromatic carbocycles. The highest BCUT2D eigenvalue weighted by atomic mass is 35.5. The molecule has 3 rings (SSSR count). The van der Waals surface area contributed by atoms with Gasteiger partial charge in [0.05, 0.1) is 12.6 Å². The molecule has 0 bridgehead atoms. The smallest absolute Gasteiger partial charge is 0.237 e. The highest BCUT2D eigenvalue weighted by Crippen LogP contribution is 2.17. The molecule has 1 aromatic heterocycles. The third kappa shape index (κ3) is 3.84. The van der Waals surface area contributed by atoms with E-state index in [-0.39, 0.29) is 24.4 Å². The van der Waals surface area contributed by atoms with E-state index in [2.05, 4.69) is 41.8 Å². The zero-order valence-electron chi connectivity index (χ0n) is 11.9. The van der Waals surface area contributed by atoms with Crippen molar-refractivity contribution in [1.82, 2.24) is 10.6 Å². The van der Waals surface area contributed by atoms with Gasteiger partial charge in [-0.3, -0.25) is 4.79 Å². The molecular formula is C16H19ClN2OS. The number of aryl methyl sites for hydroxylation is 1. The molecule has 1 amide bonds. The third-order valence-corrected chi connectivity index (χ3v) is 4.63. The van der Waals surface area contributed by atoms with Gasteiger partial charge in [0.2, 0.25) is 5.91 Å². The molecule has 2 heterocycles. The van der Waals surface area contributed by atoms with Gasteiger partial charge in [0.15, 0.2) is 0 Å². The lowest BCUT2D eigenvalue weighted by Gasteiger charge is -2.25. The lowest BCUT2D eigenvalue weighted by molar-refractivity contribution is -0.123. The largest absolute Gasteiger partial charge is 0.350 e. The van der Waals surface area contributed by atoms with E-state index in [1.807, 2.05) is 12.1 Å². The maximum Gasteiger partial charge on any atom is 0.237 e. The molecule has 1 unspecified atom stereocenters. The lowest BCUT2D eigenvalue weighted by Crippen LogP contribution is -2.47. The second-order valence-corrected chi connectivity index (χ2v) is 6.51. The minimum Gasteiger partial charge on any atom is -0.350 e. The first-order chi connectivity index (χ1) is 9.72. The van der Waals surface area contributed by atoms with E-state index in [1.54, 1.807) is 11.3 Å². The van der Waals surface area contributed by atoms with Crippen LogP contribution in [0.15, 0.2) is 36.4 Å². The molecule has 1 atom stereocenters. The number of fused-ring (bicyclic) bond motifs is 1. The van der Waals surface area contributed by atoms with Crippen molar-refractivity contribution >= 4 is 29.7 Å². The summed E-state index contributed by atoms with van der Waals surface area (Å²) in [6.07, 6.45) is 0.769. The van der Waals surface area contributed by atoms with Gasteiger partial charge >= 0.3 is 0 Å². The number of amides is 1. The molecule has 3 nitrogen and oxygen atoms in total. The molecule has 5 heteroatoms. The van der Waals surface area contributed by atoms with Crippen molar-refractivity contribution in [3.8, 4) is 0 Å². The first-order valence-electron chi connectivity index (χ1n) is 6.85. The van der Waals surface area contributed by atoms with Gasteiger partial charge in [-0.25, -0.2) is 0 Å². The Bertz CT molecular complexity index is 626. The Hall–Kier alpha value is -1.36. The molecule has 0 saturated carbocycles. The first kappa shape index (κ1) is 16.0. The van der Waals surface area contributed by atoms with Gasteiger partial charge in [0.1, 0.15) is 0 Å². The van der Waals surface area contributed by atoms with Gasteiger partial charge in [-0.1, -0.05) is 24.3 Å². The summed E-state index contributed by atoms with van der Waals surface area (Å²) in [5.41, 5.74) is 2.57. The molecule has 0 radical (unpaired) electrons. The number of halogens is 1. The van der Waals surface area contributed by atoms with Crippen LogP contribution in [-0.2, 0) is 24.3 Å². The lowest BCUT2D eigenvalue weighted by atomic mass is 9.95. The van der Waals surface area contributed by atoms with E-state index in [9.17, 15) is 4.79 Å². The Morgan fingerprint density at radius 1 is 1.29 bits per heavy atom. The van der Waals surface area contributed by atoms with E-state index in [0.717, 1.165) is 13.0 Å². The molecule has 1 aliphatic heterocycles. The predicted octanol–water partition coefficient (Wildman–Crippen LogP) is 2.81. The summed E-state index contributed by atoms with van der Waals surface area (Å²) in [7, 11) is 0. The molecule has 112 valence electrons. The fraction of sp³-hybridized carbons (Fsp3) is 0.312. The Morgan fingerprint density at radius 3 is 2.76 bits per heavy atom. The molecule has 0 fully saturated rings. The van der Waals surface area contributed by atoms with Gasteiger partial charge in [-0.15, -0.1) is 23.7 Å². The summed E-state index contributed by atoms with van der Waals surface area (Å²) >= 11 is 1.73. The minimum absolute atomic E-state index is 0. The normalized spacial score (nSPS) is 16.7. The summed E-state index contributed by atoms with van der Waals surface area (Å²) in [6, 6.07) is 12.3. The van der Waals surface area contributed by atoms with Crippen LogP contribution in [0.2, 0.25) is 0 Å². The van der Waals surface area contributed by atoms with Crippen molar-refractivity contribution in [2.24, 2.45) is 0 Å². The van der Waals surface area contributed by atoms with Crippen LogP contribution in [-0.4, -0.2) is 11.9 Å². The van der Waals surface area contributed by atoms with Crippen LogP contribution in [0.1, 0.15) is 20.9 Å². The molecule has 0 saturated heterocycles. The topological polar surface area (TPSA) is 41.1 Å². The van der Waals surface area contributed by atoms with Gasteiger partial charge < -0.3 is 10.6 Å².